The summed E-state index contributed by atoms with van der Waals surface area (Å²) in [6, 6.07) is 0. The molecule has 0 spiro atoms. The van der Waals surface area contributed by atoms with Gasteiger partial charge < -0.3 is 0 Å². The lowest BCUT2D eigenvalue weighted by Gasteiger charge is -2.05. The molecule has 0 aliphatic carbocycles. The van der Waals surface area contributed by atoms with Gasteiger partial charge >= 0.3 is 0 Å². The van der Waals surface area contributed by atoms with Crippen molar-refractivity contribution in [3.63, 3.8) is 0 Å². The first kappa shape index (κ1) is 10.9. The summed E-state index contributed by atoms with van der Waals surface area (Å²) < 4.78 is 32.5. The maximum Gasteiger partial charge on any atom is 0.280 e. The smallest absolute Gasteiger partial charge is 0.280 e. The van der Waals surface area contributed by atoms with E-state index in [2.05, 4.69) is 11.6 Å². The summed E-state index contributed by atoms with van der Waals surface area (Å²) in [6.07, 6.45) is 4.99. The summed E-state index contributed by atoms with van der Waals surface area (Å²) in [4.78, 5) is 2.77. The number of hydrogen-bond acceptors (Lipinski definition) is 2. The van der Waals surface area contributed by atoms with Crippen LogP contribution < -0.4 is 4.57 Å². The SMILES string of the molecule is C=C[n+]1cc[nH]c1C(CC)S(=O)(=O)O. The zero-order valence-electron chi connectivity index (χ0n) is 7.84. The number of aromatic amines is 1. The minimum Gasteiger partial charge on any atom is -0.285 e. The van der Waals surface area contributed by atoms with E-state index < -0.39 is 15.4 Å². The van der Waals surface area contributed by atoms with E-state index in [4.69, 9.17) is 4.55 Å². The second-order valence-corrected chi connectivity index (χ2v) is 4.45. The van der Waals surface area contributed by atoms with Crippen molar-refractivity contribution in [3.05, 3.63) is 24.8 Å². The Labute approximate surface area is 82.8 Å². The molecular formula is C8H13N2O3S+. The highest BCUT2D eigenvalue weighted by molar-refractivity contribution is 7.86. The van der Waals surface area contributed by atoms with Crippen molar-refractivity contribution in [3.8, 4) is 0 Å². The number of hydrogen-bond donors (Lipinski definition) is 2. The average Bonchev–Trinajstić information content (AvgIpc) is 2.51. The number of imidazole rings is 1. The van der Waals surface area contributed by atoms with Crippen LogP contribution in [0.5, 0.6) is 0 Å². The van der Waals surface area contributed by atoms with Gasteiger partial charge in [-0.2, -0.15) is 8.42 Å². The molecule has 1 aromatic heterocycles. The fourth-order valence-electron chi connectivity index (χ4n) is 1.32. The second-order valence-electron chi connectivity index (χ2n) is 2.85. The molecule has 1 unspecified atom stereocenters. The monoisotopic (exact) mass is 217 g/mol. The predicted octanol–water partition coefficient (Wildman–Crippen LogP) is 0.742. The van der Waals surface area contributed by atoms with Crippen LogP contribution in [0.1, 0.15) is 24.4 Å². The highest BCUT2D eigenvalue weighted by Crippen LogP contribution is 2.20. The van der Waals surface area contributed by atoms with Crippen molar-refractivity contribution >= 4 is 16.3 Å². The zero-order valence-corrected chi connectivity index (χ0v) is 8.66. The predicted molar refractivity (Wildman–Crippen MR) is 52.0 cm³/mol. The first-order valence-electron chi connectivity index (χ1n) is 4.18. The summed E-state index contributed by atoms with van der Waals surface area (Å²) in [5, 5.41) is -0.935. The van der Waals surface area contributed by atoms with Crippen molar-refractivity contribution < 1.29 is 17.5 Å². The highest BCUT2D eigenvalue weighted by Gasteiger charge is 2.31. The molecule has 0 amide bonds. The molecule has 1 atom stereocenters. The third-order valence-corrected chi connectivity index (χ3v) is 3.25. The Morgan fingerprint density at radius 1 is 1.79 bits per heavy atom. The Morgan fingerprint density at radius 2 is 2.43 bits per heavy atom. The van der Waals surface area contributed by atoms with Gasteiger partial charge in [0.15, 0.2) is 5.25 Å². The molecule has 0 aromatic carbocycles. The van der Waals surface area contributed by atoms with Gasteiger partial charge in [0.2, 0.25) is 0 Å². The fraction of sp³-hybridized carbons (Fsp3) is 0.375. The molecular weight excluding hydrogens is 204 g/mol. The van der Waals surface area contributed by atoms with E-state index in [1.165, 1.54) is 10.8 Å². The van der Waals surface area contributed by atoms with Crippen LogP contribution in [0.4, 0.5) is 0 Å². The van der Waals surface area contributed by atoms with E-state index in [1.807, 2.05) is 0 Å². The molecule has 14 heavy (non-hydrogen) atoms. The van der Waals surface area contributed by atoms with Gasteiger partial charge in [0.1, 0.15) is 12.4 Å². The average molecular weight is 217 g/mol. The van der Waals surface area contributed by atoms with Crippen molar-refractivity contribution in [2.45, 2.75) is 18.6 Å². The Balaban J connectivity index is 3.20. The van der Waals surface area contributed by atoms with Gasteiger partial charge in [-0.15, -0.1) is 0 Å². The summed E-state index contributed by atoms with van der Waals surface area (Å²) in [7, 11) is -4.07. The largest absolute Gasteiger partial charge is 0.285 e. The minimum atomic E-state index is -4.07. The fourth-order valence-corrected chi connectivity index (χ4v) is 2.21. The van der Waals surface area contributed by atoms with Crippen LogP contribution in [0.25, 0.3) is 6.20 Å². The highest BCUT2D eigenvalue weighted by atomic mass is 32.2. The lowest BCUT2D eigenvalue weighted by Crippen LogP contribution is -2.32. The number of nitrogens with one attached hydrogen (secondary N) is 1. The van der Waals surface area contributed by atoms with E-state index in [9.17, 15) is 8.42 Å². The standard InChI is InChI=1S/C8H12N2O3S/c1-3-7(14(11,12)13)8-9-5-6-10(8)4-2/h4-7H,2-3H2,1H3,(H,11,12,13)/p+1. The molecule has 1 aromatic rings. The van der Waals surface area contributed by atoms with Gasteiger partial charge in [-0.3, -0.25) is 4.55 Å². The molecule has 6 heteroatoms. The normalized spacial score (nSPS) is 13.9. The van der Waals surface area contributed by atoms with Crippen LogP contribution in [0.15, 0.2) is 19.0 Å². The summed E-state index contributed by atoms with van der Waals surface area (Å²) >= 11 is 0. The third-order valence-electron chi connectivity index (χ3n) is 1.98. The molecule has 0 aliphatic rings. The molecule has 0 bridgehead atoms. The summed E-state index contributed by atoms with van der Waals surface area (Å²) in [5.41, 5.74) is 0. The Hall–Kier alpha value is -1.14. The van der Waals surface area contributed by atoms with Crippen molar-refractivity contribution in [1.29, 1.82) is 0 Å². The lowest BCUT2D eigenvalue weighted by atomic mass is 10.3. The van der Waals surface area contributed by atoms with E-state index in [0.29, 0.717) is 12.2 Å². The van der Waals surface area contributed by atoms with Crippen LogP contribution in [0.3, 0.4) is 0 Å². The molecule has 0 saturated heterocycles. The first-order valence-corrected chi connectivity index (χ1v) is 5.68. The number of nitrogens with zero attached hydrogens (tertiary/aromatic N) is 1. The van der Waals surface area contributed by atoms with Crippen LogP contribution >= 0.6 is 0 Å². The van der Waals surface area contributed by atoms with Crippen LogP contribution in [-0.4, -0.2) is 18.0 Å². The Morgan fingerprint density at radius 3 is 2.86 bits per heavy atom. The van der Waals surface area contributed by atoms with E-state index >= 15 is 0 Å². The molecule has 2 N–H and O–H groups in total. The van der Waals surface area contributed by atoms with Crippen molar-refractivity contribution in [1.82, 2.24) is 4.98 Å². The van der Waals surface area contributed by atoms with Gasteiger partial charge in [0.05, 0.1) is 6.20 Å². The van der Waals surface area contributed by atoms with Crippen LogP contribution in [-0.2, 0) is 10.1 Å². The first-order chi connectivity index (χ1) is 6.50. The molecule has 0 saturated carbocycles. The van der Waals surface area contributed by atoms with Crippen molar-refractivity contribution in [2.24, 2.45) is 0 Å². The number of rotatable bonds is 4. The van der Waals surface area contributed by atoms with Crippen LogP contribution in [0.2, 0.25) is 0 Å². The van der Waals surface area contributed by atoms with Crippen LogP contribution in [0, 0.1) is 0 Å². The number of aromatic nitrogens is 2. The van der Waals surface area contributed by atoms with Gasteiger partial charge in [-0.05, 0) is 6.42 Å². The van der Waals surface area contributed by atoms with Gasteiger partial charge in [-0.1, -0.05) is 13.5 Å². The minimum absolute atomic E-state index is 0.299. The topological polar surface area (TPSA) is 74.0 Å². The summed E-state index contributed by atoms with van der Waals surface area (Å²) in [6.45, 7) is 5.22. The zero-order chi connectivity index (χ0) is 10.8. The molecule has 0 aliphatic heterocycles. The van der Waals surface area contributed by atoms with Gasteiger partial charge in [-0.25, -0.2) is 9.55 Å². The quantitative estimate of drug-likeness (QED) is 0.577. The molecule has 5 nitrogen and oxygen atoms in total. The molecule has 1 heterocycles. The second kappa shape index (κ2) is 3.93. The van der Waals surface area contributed by atoms with Gasteiger partial charge in [0.25, 0.3) is 15.9 Å². The summed E-state index contributed by atoms with van der Waals surface area (Å²) in [5.74, 6) is 0.407. The third kappa shape index (κ3) is 2.02. The molecule has 1 rings (SSSR count). The molecule has 0 radical (unpaired) electrons. The Bertz CT molecular complexity index is 422. The maximum absolute atomic E-state index is 11.0. The van der Waals surface area contributed by atoms with Gasteiger partial charge in [0, 0.05) is 0 Å². The van der Waals surface area contributed by atoms with E-state index in [0.717, 1.165) is 0 Å². The van der Waals surface area contributed by atoms with Crippen molar-refractivity contribution in [2.75, 3.05) is 0 Å². The molecule has 78 valence electrons. The number of H-pyrrole nitrogens is 1. The molecule has 0 fully saturated rings. The Kier molecular flexibility index (Phi) is 3.07. The lowest BCUT2D eigenvalue weighted by molar-refractivity contribution is -0.575. The maximum atomic E-state index is 11.0. The van der Waals surface area contributed by atoms with E-state index in [-0.39, 0.29) is 0 Å². The van der Waals surface area contributed by atoms with E-state index in [1.54, 1.807) is 19.3 Å².